The number of anilines is 1. The molecule has 0 atom stereocenters. The number of nitrogens with zero attached hydrogens (tertiary/aromatic N) is 2. The Morgan fingerprint density at radius 3 is 2.67 bits per heavy atom. The van der Waals surface area contributed by atoms with Crippen LogP contribution in [-0.4, -0.2) is 48.5 Å². The molecular weight excluding hydrogens is 290 g/mol. The maximum absolute atomic E-state index is 11.9. The van der Waals surface area contributed by atoms with Crippen LogP contribution in [0.5, 0.6) is 0 Å². The summed E-state index contributed by atoms with van der Waals surface area (Å²) in [6.07, 6.45) is 0. The van der Waals surface area contributed by atoms with E-state index in [2.05, 4.69) is 10.3 Å². The second-order valence-electron chi connectivity index (χ2n) is 5.14. The molecule has 1 aromatic rings. The smallest absolute Gasteiger partial charge is 0.317 e. The molecule has 0 aliphatic carbocycles. The van der Waals surface area contributed by atoms with Gasteiger partial charge in [0, 0.05) is 19.0 Å². The standard InChI is InChI=1S/C14H23N3O3S/c1-6-17(5)11(18)8-15-13-16-10(9-21-13)14(3,4)12(19)20-7-2/h9H,6-8H2,1-5H3,(H,15,16). The monoisotopic (exact) mass is 313 g/mol. The zero-order valence-electron chi connectivity index (χ0n) is 13.2. The average molecular weight is 313 g/mol. The van der Waals surface area contributed by atoms with Crippen molar-refractivity contribution in [3.63, 3.8) is 0 Å². The fraction of sp³-hybridized carbons (Fsp3) is 0.643. The van der Waals surface area contributed by atoms with Crippen molar-refractivity contribution >= 4 is 28.3 Å². The van der Waals surface area contributed by atoms with Gasteiger partial charge in [-0.1, -0.05) is 0 Å². The van der Waals surface area contributed by atoms with E-state index in [9.17, 15) is 9.59 Å². The van der Waals surface area contributed by atoms with Gasteiger partial charge in [0.05, 0.1) is 18.8 Å². The van der Waals surface area contributed by atoms with Crippen LogP contribution in [-0.2, 0) is 19.7 Å². The van der Waals surface area contributed by atoms with E-state index in [0.717, 1.165) is 0 Å². The summed E-state index contributed by atoms with van der Waals surface area (Å²) in [5.74, 6) is -0.303. The third-order valence-corrected chi connectivity index (χ3v) is 4.02. The van der Waals surface area contributed by atoms with Crippen molar-refractivity contribution in [2.75, 3.05) is 32.1 Å². The topological polar surface area (TPSA) is 71.5 Å². The van der Waals surface area contributed by atoms with Crippen molar-refractivity contribution in [3.05, 3.63) is 11.1 Å². The van der Waals surface area contributed by atoms with Gasteiger partial charge in [-0.15, -0.1) is 11.3 Å². The molecule has 0 aliphatic rings. The third kappa shape index (κ3) is 4.42. The molecule has 6 nitrogen and oxygen atoms in total. The minimum atomic E-state index is -0.795. The lowest BCUT2D eigenvalue weighted by molar-refractivity contribution is -0.148. The first-order valence-electron chi connectivity index (χ1n) is 6.94. The van der Waals surface area contributed by atoms with Crippen LogP contribution in [0, 0.1) is 0 Å². The van der Waals surface area contributed by atoms with Crippen molar-refractivity contribution < 1.29 is 14.3 Å². The number of esters is 1. The van der Waals surface area contributed by atoms with E-state index in [1.807, 2.05) is 12.3 Å². The van der Waals surface area contributed by atoms with Crippen molar-refractivity contribution in [1.82, 2.24) is 9.88 Å². The van der Waals surface area contributed by atoms with Gasteiger partial charge in [-0.2, -0.15) is 0 Å². The molecule has 0 radical (unpaired) electrons. The Kier molecular flexibility index (Phi) is 6.14. The number of amides is 1. The number of carbonyl (C=O) groups is 2. The van der Waals surface area contributed by atoms with Crippen LogP contribution in [0.1, 0.15) is 33.4 Å². The number of aromatic nitrogens is 1. The lowest BCUT2D eigenvalue weighted by Crippen LogP contribution is -2.32. The Morgan fingerprint density at radius 1 is 1.43 bits per heavy atom. The molecule has 0 aromatic carbocycles. The highest BCUT2D eigenvalue weighted by atomic mass is 32.1. The van der Waals surface area contributed by atoms with Gasteiger partial charge in [-0.05, 0) is 27.7 Å². The largest absolute Gasteiger partial charge is 0.465 e. The highest BCUT2D eigenvalue weighted by Gasteiger charge is 2.33. The summed E-state index contributed by atoms with van der Waals surface area (Å²) >= 11 is 1.37. The zero-order chi connectivity index (χ0) is 16.0. The lowest BCUT2D eigenvalue weighted by atomic mass is 9.90. The Bertz CT molecular complexity index is 499. The summed E-state index contributed by atoms with van der Waals surface area (Å²) in [7, 11) is 1.75. The molecule has 0 spiro atoms. The van der Waals surface area contributed by atoms with Gasteiger partial charge in [0.15, 0.2) is 5.13 Å². The fourth-order valence-corrected chi connectivity index (χ4v) is 2.40. The SMILES string of the molecule is CCOC(=O)C(C)(C)c1csc(NCC(=O)N(C)CC)n1. The van der Waals surface area contributed by atoms with Gasteiger partial charge in [-0.25, -0.2) is 4.98 Å². The molecule has 0 unspecified atom stereocenters. The molecule has 0 fully saturated rings. The molecule has 1 N–H and O–H groups in total. The van der Waals surface area contributed by atoms with Crippen molar-refractivity contribution in [3.8, 4) is 0 Å². The molecule has 1 aromatic heterocycles. The number of ether oxygens (including phenoxy) is 1. The molecular formula is C14H23N3O3S. The Morgan fingerprint density at radius 2 is 2.10 bits per heavy atom. The third-order valence-electron chi connectivity index (χ3n) is 3.22. The van der Waals surface area contributed by atoms with Crippen molar-refractivity contribution in [2.24, 2.45) is 0 Å². The first-order chi connectivity index (χ1) is 9.82. The number of likely N-dealkylation sites (N-methyl/N-ethyl adjacent to an activating group) is 1. The van der Waals surface area contributed by atoms with Gasteiger partial charge in [0.2, 0.25) is 5.91 Å². The minimum absolute atomic E-state index is 0.00102. The summed E-state index contributed by atoms with van der Waals surface area (Å²) in [4.78, 5) is 29.6. The molecule has 0 aliphatic heterocycles. The number of rotatable bonds is 7. The number of carbonyl (C=O) groups excluding carboxylic acids is 2. The molecule has 1 amide bonds. The van der Waals surface area contributed by atoms with Crippen LogP contribution < -0.4 is 5.32 Å². The molecule has 1 heterocycles. The molecule has 1 rings (SSSR count). The van der Waals surface area contributed by atoms with E-state index < -0.39 is 5.41 Å². The number of hydrogen-bond donors (Lipinski definition) is 1. The van der Waals surface area contributed by atoms with Crippen LogP contribution >= 0.6 is 11.3 Å². The van der Waals surface area contributed by atoms with Gasteiger partial charge >= 0.3 is 5.97 Å². The molecule has 0 saturated heterocycles. The average Bonchev–Trinajstić information content (AvgIpc) is 2.93. The predicted molar refractivity (Wildman–Crippen MR) is 83.6 cm³/mol. The summed E-state index contributed by atoms with van der Waals surface area (Å²) in [6, 6.07) is 0. The predicted octanol–water partition coefficient (Wildman–Crippen LogP) is 1.87. The lowest BCUT2D eigenvalue weighted by Gasteiger charge is -2.19. The van der Waals surface area contributed by atoms with Gasteiger partial charge < -0.3 is 15.0 Å². The first-order valence-corrected chi connectivity index (χ1v) is 7.81. The second kappa shape index (κ2) is 7.40. The quantitative estimate of drug-likeness (QED) is 0.778. The van der Waals surface area contributed by atoms with E-state index in [1.165, 1.54) is 11.3 Å². The van der Waals surface area contributed by atoms with Crippen molar-refractivity contribution in [2.45, 2.75) is 33.1 Å². The Balaban J connectivity index is 2.69. The highest BCUT2D eigenvalue weighted by molar-refractivity contribution is 7.13. The van der Waals surface area contributed by atoms with E-state index >= 15 is 0 Å². The highest BCUT2D eigenvalue weighted by Crippen LogP contribution is 2.28. The van der Waals surface area contributed by atoms with Gasteiger partial charge in [0.1, 0.15) is 5.41 Å². The summed E-state index contributed by atoms with van der Waals surface area (Å²) in [5.41, 5.74) is -0.152. The molecule has 0 bridgehead atoms. The van der Waals surface area contributed by atoms with Gasteiger partial charge in [0.25, 0.3) is 0 Å². The first kappa shape index (κ1) is 17.4. The maximum Gasteiger partial charge on any atom is 0.317 e. The zero-order valence-corrected chi connectivity index (χ0v) is 14.0. The van der Waals surface area contributed by atoms with Crippen LogP contribution in [0.2, 0.25) is 0 Å². The second-order valence-corrected chi connectivity index (χ2v) is 6.00. The number of hydrogen-bond acceptors (Lipinski definition) is 6. The normalized spacial score (nSPS) is 11.1. The maximum atomic E-state index is 11.9. The molecule has 21 heavy (non-hydrogen) atoms. The van der Waals surface area contributed by atoms with Crippen molar-refractivity contribution in [1.29, 1.82) is 0 Å². The summed E-state index contributed by atoms with van der Waals surface area (Å²) in [5, 5.41) is 5.43. The number of nitrogens with one attached hydrogen (secondary N) is 1. The molecule has 0 saturated carbocycles. The number of thiazole rings is 1. The van der Waals surface area contributed by atoms with E-state index in [1.54, 1.807) is 32.7 Å². The van der Waals surface area contributed by atoms with Crippen LogP contribution in [0.4, 0.5) is 5.13 Å². The van der Waals surface area contributed by atoms with E-state index in [4.69, 9.17) is 4.74 Å². The minimum Gasteiger partial charge on any atom is -0.465 e. The summed E-state index contributed by atoms with van der Waals surface area (Å²) < 4.78 is 5.06. The Hall–Kier alpha value is -1.63. The molecule has 7 heteroatoms. The van der Waals surface area contributed by atoms with Crippen LogP contribution in [0.15, 0.2) is 5.38 Å². The van der Waals surface area contributed by atoms with Gasteiger partial charge in [-0.3, -0.25) is 9.59 Å². The summed E-state index contributed by atoms with van der Waals surface area (Å²) in [6.45, 7) is 8.45. The van der Waals surface area contributed by atoms with E-state index in [0.29, 0.717) is 24.0 Å². The van der Waals surface area contributed by atoms with Crippen LogP contribution in [0.25, 0.3) is 0 Å². The molecule has 118 valence electrons. The fourth-order valence-electron chi connectivity index (χ4n) is 1.52. The van der Waals surface area contributed by atoms with Crippen LogP contribution in [0.3, 0.4) is 0 Å². The van der Waals surface area contributed by atoms with E-state index in [-0.39, 0.29) is 18.4 Å². The Labute approximate surface area is 129 Å².